The van der Waals surface area contributed by atoms with Gasteiger partial charge in [-0.2, -0.15) is 0 Å². The van der Waals surface area contributed by atoms with E-state index in [9.17, 15) is 14.2 Å². The zero-order chi connectivity index (χ0) is 42.5. The zero-order valence-electron chi connectivity index (χ0n) is 37.7. The lowest BCUT2D eigenvalue weighted by Gasteiger charge is -2.18. The van der Waals surface area contributed by atoms with Gasteiger partial charge in [0.1, 0.15) is 6.61 Å². The molecule has 0 aliphatic carbocycles. The van der Waals surface area contributed by atoms with Crippen LogP contribution in [0.2, 0.25) is 0 Å². The number of hydrogen-bond donors (Lipinski definition) is 2. The minimum atomic E-state index is -4.77. The van der Waals surface area contributed by atoms with Crippen LogP contribution in [0, 0.1) is 0 Å². The van der Waals surface area contributed by atoms with Crippen LogP contribution >= 0.6 is 7.82 Å². The molecule has 1 atom stereocenters. The van der Waals surface area contributed by atoms with E-state index in [1.54, 1.807) is 0 Å². The molecular formula is C49H91O8P. The van der Waals surface area contributed by atoms with Crippen molar-refractivity contribution < 1.29 is 37.9 Å². The second-order valence-corrected chi connectivity index (χ2v) is 17.7. The number of unbranched alkanes of at least 4 members (excludes halogenated alkanes) is 29. The van der Waals surface area contributed by atoms with Gasteiger partial charge < -0.3 is 19.3 Å². The Morgan fingerprint density at radius 2 is 0.759 bits per heavy atom. The molecule has 0 amide bonds. The number of ether oxygens (including phenoxy) is 2. The highest BCUT2D eigenvalue weighted by atomic mass is 31.2. The van der Waals surface area contributed by atoms with Crippen LogP contribution in [-0.2, 0) is 28.2 Å². The number of allylic oxidation sites excluding steroid dienone is 6. The van der Waals surface area contributed by atoms with Crippen LogP contribution in [0.25, 0.3) is 0 Å². The van der Waals surface area contributed by atoms with Gasteiger partial charge in [0.25, 0.3) is 0 Å². The van der Waals surface area contributed by atoms with Gasteiger partial charge in [-0.3, -0.25) is 14.1 Å². The summed E-state index contributed by atoms with van der Waals surface area (Å²) in [6, 6.07) is 0. The summed E-state index contributed by atoms with van der Waals surface area (Å²) in [5, 5.41) is 0. The molecule has 2 N–H and O–H groups in total. The van der Waals surface area contributed by atoms with Crippen molar-refractivity contribution in [2.24, 2.45) is 0 Å². The van der Waals surface area contributed by atoms with Crippen molar-refractivity contribution in [3.05, 3.63) is 36.5 Å². The fraction of sp³-hybridized carbons (Fsp3) is 0.837. The molecule has 9 heteroatoms. The maximum atomic E-state index is 12.4. The largest absolute Gasteiger partial charge is 0.469 e. The van der Waals surface area contributed by atoms with Crippen LogP contribution < -0.4 is 0 Å². The summed E-state index contributed by atoms with van der Waals surface area (Å²) in [6.45, 7) is 3.68. The Morgan fingerprint density at radius 1 is 0.431 bits per heavy atom. The Balaban J connectivity index is 3.88. The average Bonchev–Trinajstić information content (AvgIpc) is 3.20. The summed E-state index contributed by atoms with van der Waals surface area (Å²) in [6.07, 6.45) is 54.6. The molecule has 340 valence electrons. The lowest BCUT2D eigenvalue weighted by molar-refractivity contribution is -0.161. The Bertz CT molecular complexity index is 1040. The van der Waals surface area contributed by atoms with E-state index in [1.807, 2.05) is 0 Å². The highest BCUT2D eigenvalue weighted by molar-refractivity contribution is 7.46. The number of phosphoric ester groups is 1. The molecule has 0 unspecified atom stereocenters. The number of carbonyl (C=O) groups is 2. The van der Waals surface area contributed by atoms with Gasteiger partial charge >= 0.3 is 19.8 Å². The summed E-state index contributed by atoms with van der Waals surface area (Å²) in [4.78, 5) is 43.0. The van der Waals surface area contributed by atoms with Crippen molar-refractivity contribution in [3.8, 4) is 0 Å². The highest BCUT2D eigenvalue weighted by Crippen LogP contribution is 2.36. The van der Waals surface area contributed by atoms with Crippen molar-refractivity contribution in [1.29, 1.82) is 0 Å². The van der Waals surface area contributed by atoms with E-state index in [4.69, 9.17) is 19.3 Å². The van der Waals surface area contributed by atoms with Crippen molar-refractivity contribution >= 4 is 19.8 Å². The summed E-state index contributed by atoms with van der Waals surface area (Å²) in [7, 11) is -4.77. The molecule has 0 rings (SSSR count). The number of rotatable bonds is 45. The molecule has 58 heavy (non-hydrogen) atoms. The summed E-state index contributed by atoms with van der Waals surface area (Å²) >= 11 is 0. The number of phosphoric acid groups is 1. The monoisotopic (exact) mass is 839 g/mol. The van der Waals surface area contributed by atoms with Gasteiger partial charge in [-0.05, 0) is 70.6 Å². The van der Waals surface area contributed by atoms with Gasteiger partial charge in [-0.15, -0.1) is 0 Å². The first-order chi connectivity index (χ1) is 28.3. The highest BCUT2D eigenvalue weighted by Gasteiger charge is 2.22. The molecule has 0 heterocycles. The summed E-state index contributed by atoms with van der Waals surface area (Å²) < 4.78 is 26.4. The van der Waals surface area contributed by atoms with Crippen molar-refractivity contribution in [2.45, 2.75) is 251 Å². The van der Waals surface area contributed by atoms with Gasteiger partial charge in [0.2, 0.25) is 0 Å². The molecule has 0 saturated carbocycles. The van der Waals surface area contributed by atoms with Crippen LogP contribution in [0.15, 0.2) is 36.5 Å². The molecule has 0 radical (unpaired) electrons. The molecule has 8 nitrogen and oxygen atoms in total. The Kier molecular flexibility index (Phi) is 43.5. The standard InChI is InChI=1S/C49H91O8P/c1-3-5-7-9-11-13-15-17-19-21-22-23-24-25-26-28-29-31-33-35-37-39-41-43-48(50)55-45-47(46-56-58(52,53)54)57-49(51)44-42-40-38-36-34-32-30-27-20-18-16-14-12-10-8-6-4-2/h18,20,28-29,35,37,47H,3-17,19,21-27,30-34,36,38-46H2,1-2H3,(H2,52,53,54)/b20-18+,29-28+,37-35+/t47-/m1/s1. The van der Waals surface area contributed by atoms with Crippen LogP contribution in [0.3, 0.4) is 0 Å². The first kappa shape index (κ1) is 56.3. The SMILES string of the molecule is CCCCCCCC/C=C/CCCCCCCCCC(=O)O[C@H](COC(=O)CCC/C=C/CC/C=C/CCCCCCCCCCCCCCCC)COP(=O)(O)O. The Hall–Kier alpha value is -1.73. The van der Waals surface area contributed by atoms with E-state index in [2.05, 4.69) is 54.8 Å². The third-order valence-electron chi connectivity index (χ3n) is 10.6. The van der Waals surface area contributed by atoms with Crippen LogP contribution in [-0.4, -0.2) is 41.0 Å². The minimum Gasteiger partial charge on any atom is -0.462 e. The molecule has 0 aromatic heterocycles. The average molecular weight is 839 g/mol. The van der Waals surface area contributed by atoms with E-state index in [0.717, 1.165) is 51.4 Å². The first-order valence-electron chi connectivity index (χ1n) is 24.3. The quantitative estimate of drug-likeness (QED) is 0.0269. The van der Waals surface area contributed by atoms with E-state index in [-0.39, 0.29) is 19.4 Å². The lowest BCUT2D eigenvalue weighted by Crippen LogP contribution is -2.29. The molecule has 0 aliphatic rings. The first-order valence-corrected chi connectivity index (χ1v) is 25.8. The summed E-state index contributed by atoms with van der Waals surface area (Å²) in [5.74, 6) is -0.931. The van der Waals surface area contributed by atoms with Crippen LogP contribution in [0.4, 0.5) is 0 Å². The molecule has 0 aliphatic heterocycles. The third kappa shape index (κ3) is 47.0. The normalized spacial score (nSPS) is 12.7. The predicted molar refractivity (Wildman–Crippen MR) is 244 cm³/mol. The van der Waals surface area contributed by atoms with Gasteiger partial charge in [-0.25, -0.2) is 4.57 Å². The van der Waals surface area contributed by atoms with Gasteiger partial charge in [0.15, 0.2) is 6.10 Å². The maximum absolute atomic E-state index is 12.4. The van der Waals surface area contributed by atoms with E-state index >= 15 is 0 Å². The molecule has 0 saturated heterocycles. The van der Waals surface area contributed by atoms with E-state index in [1.165, 1.54) is 154 Å². The van der Waals surface area contributed by atoms with Crippen molar-refractivity contribution in [1.82, 2.24) is 0 Å². The van der Waals surface area contributed by atoms with Gasteiger partial charge in [-0.1, -0.05) is 198 Å². The van der Waals surface area contributed by atoms with Crippen molar-refractivity contribution in [3.63, 3.8) is 0 Å². The number of carbonyl (C=O) groups excluding carboxylic acids is 2. The van der Waals surface area contributed by atoms with E-state index < -0.39 is 32.5 Å². The Labute approximate surface area is 357 Å². The fourth-order valence-electron chi connectivity index (χ4n) is 6.98. The number of hydrogen-bond acceptors (Lipinski definition) is 6. The fourth-order valence-corrected chi connectivity index (χ4v) is 7.34. The topological polar surface area (TPSA) is 119 Å². The predicted octanol–water partition coefficient (Wildman–Crippen LogP) is 15.3. The molecule has 0 aromatic carbocycles. The Morgan fingerprint density at radius 3 is 1.16 bits per heavy atom. The smallest absolute Gasteiger partial charge is 0.462 e. The van der Waals surface area contributed by atoms with Gasteiger partial charge in [0.05, 0.1) is 6.61 Å². The second-order valence-electron chi connectivity index (χ2n) is 16.4. The number of esters is 2. The molecule has 0 spiro atoms. The van der Waals surface area contributed by atoms with E-state index in [0.29, 0.717) is 12.8 Å². The van der Waals surface area contributed by atoms with Crippen LogP contribution in [0.1, 0.15) is 245 Å². The maximum Gasteiger partial charge on any atom is 0.469 e. The van der Waals surface area contributed by atoms with Gasteiger partial charge in [0, 0.05) is 12.8 Å². The zero-order valence-corrected chi connectivity index (χ0v) is 38.6. The lowest BCUT2D eigenvalue weighted by atomic mass is 10.0. The second kappa shape index (κ2) is 44.8. The minimum absolute atomic E-state index is 0.200. The summed E-state index contributed by atoms with van der Waals surface area (Å²) in [5.41, 5.74) is 0. The molecular weight excluding hydrogens is 748 g/mol. The third-order valence-corrected chi connectivity index (χ3v) is 11.1. The molecule has 0 bridgehead atoms. The van der Waals surface area contributed by atoms with Crippen molar-refractivity contribution in [2.75, 3.05) is 13.2 Å². The molecule has 0 fully saturated rings. The van der Waals surface area contributed by atoms with Crippen LogP contribution in [0.5, 0.6) is 0 Å². The molecule has 0 aromatic rings.